The molecule has 4 nitrogen and oxygen atoms in total. The van der Waals surface area contributed by atoms with Crippen LogP contribution in [-0.2, 0) is 4.79 Å². The van der Waals surface area contributed by atoms with Crippen LogP contribution in [0, 0.1) is 0 Å². The fraction of sp³-hybridized carbons (Fsp3) is 0.632. The minimum absolute atomic E-state index is 0.285. The van der Waals surface area contributed by atoms with Gasteiger partial charge in [-0.1, -0.05) is 31.0 Å². The molecule has 23 heavy (non-hydrogen) atoms. The lowest BCUT2D eigenvalue weighted by atomic mass is 10.1. The molecule has 126 valence electrons. The fourth-order valence-corrected chi connectivity index (χ4v) is 3.69. The van der Waals surface area contributed by atoms with Crippen LogP contribution in [-0.4, -0.2) is 54.5 Å². The third-order valence-corrected chi connectivity index (χ3v) is 5.05. The highest BCUT2D eigenvalue weighted by atomic mass is 16.5. The Balaban J connectivity index is 1.31. The monoisotopic (exact) mass is 316 g/mol. The largest absolute Gasteiger partial charge is 0.494 e. The van der Waals surface area contributed by atoms with E-state index in [1.165, 1.54) is 25.7 Å². The van der Waals surface area contributed by atoms with Gasteiger partial charge in [-0.05, 0) is 31.4 Å². The Morgan fingerprint density at radius 3 is 2.43 bits per heavy atom. The van der Waals surface area contributed by atoms with Crippen molar-refractivity contribution in [2.75, 3.05) is 32.8 Å². The van der Waals surface area contributed by atoms with E-state index >= 15 is 0 Å². The van der Waals surface area contributed by atoms with Crippen LogP contribution in [0.1, 0.15) is 38.5 Å². The molecule has 1 aromatic rings. The van der Waals surface area contributed by atoms with Crippen molar-refractivity contribution in [2.45, 2.75) is 44.6 Å². The SMILES string of the molecule is O=C(CCCOc1ccccc1)N1CCN(C2CCCC2)CC1. The van der Waals surface area contributed by atoms with Gasteiger partial charge in [0.25, 0.3) is 0 Å². The molecule has 3 rings (SSSR count). The smallest absolute Gasteiger partial charge is 0.222 e. The number of para-hydroxylation sites is 1. The highest BCUT2D eigenvalue weighted by Crippen LogP contribution is 2.24. The summed E-state index contributed by atoms with van der Waals surface area (Å²) in [5.74, 6) is 1.16. The summed E-state index contributed by atoms with van der Waals surface area (Å²) in [6.45, 7) is 4.51. The summed E-state index contributed by atoms with van der Waals surface area (Å²) in [5, 5.41) is 0. The van der Waals surface area contributed by atoms with Crippen LogP contribution in [0.2, 0.25) is 0 Å². The van der Waals surface area contributed by atoms with Crippen molar-refractivity contribution in [3.8, 4) is 5.75 Å². The van der Waals surface area contributed by atoms with Crippen LogP contribution in [0.15, 0.2) is 30.3 Å². The Kier molecular flexibility index (Phi) is 5.92. The average Bonchev–Trinajstić information content (AvgIpc) is 3.14. The number of rotatable bonds is 6. The van der Waals surface area contributed by atoms with Crippen molar-refractivity contribution in [1.29, 1.82) is 0 Å². The molecule has 1 aliphatic carbocycles. The van der Waals surface area contributed by atoms with Crippen LogP contribution in [0.4, 0.5) is 0 Å². The third-order valence-electron chi connectivity index (χ3n) is 5.05. The van der Waals surface area contributed by atoms with Crippen molar-refractivity contribution in [3.63, 3.8) is 0 Å². The van der Waals surface area contributed by atoms with Crippen molar-refractivity contribution in [2.24, 2.45) is 0 Å². The first-order valence-electron chi connectivity index (χ1n) is 9.02. The average molecular weight is 316 g/mol. The van der Waals surface area contributed by atoms with E-state index < -0.39 is 0 Å². The van der Waals surface area contributed by atoms with E-state index in [1.54, 1.807) is 0 Å². The highest BCUT2D eigenvalue weighted by molar-refractivity contribution is 5.76. The zero-order valence-electron chi connectivity index (χ0n) is 14.0. The lowest BCUT2D eigenvalue weighted by Gasteiger charge is -2.38. The summed E-state index contributed by atoms with van der Waals surface area (Å²) in [7, 11) is 0. The molecule has 1 aromatic carbocycles. The van der Waals surface area contributed by atoms with Crippen molar-refractivity contribution in [1.82, 2.24) is 9.80 Å². The molecular formula is C19H28N2O2. The molecule has 2 aliphatic rings. The second-order valence-electron chi connectivity index (χ2n) is 6.62. The third kappa shape index (κ3) is 4.71. The number of amides is 1. The van der Waals surface area contributed by atoms with E-state index in [1.807, 2.05) is 35.2 Å². The molecule has 1 saturated heterocycles. The molecule has 0 unspecified atom stereocenters. The maximum atomic E-state index is 12.3. The quantitative estimate of drug-likeness (QED) is 0.757. The minimum Gasteiger partial charge on any atom is -0.494 e. The van der Waals surface area contributed by atoms with E-state index in [2.05, 4.69) is 4.90 Å². The van der Waals surface area contributed by atoms with Gasteiger partial charge in [0.15, 0.2) is 0 Å². The van der Waals surface area contributed by atoms with Crippen LogP contribution in [0.3, 0.4) is 0 Å². The lowest BCUT2D eigenvalue weighted by molar-refractivity contribution is -0.133. The van der Waals surface area contributed by atoms with E-state index in [0.717, 1.165) is 44.4 Å². The summed E-state index contributed by atoms with van der Waals surface area (Å²) < 4.78 is 5.65. The number of piperazine rings is 1. The van der Waals surface area contributed by atoms with Gasteiger partial charge in [-0.25, -0.2) is 0 Å². The standard InChI is InChI=1S/C19H28N2O2/c22-19(11-6-16-23-18-9-2-1-3-10-18)21-14-12-20(13-15-21)17-7-4-5-8-17/h1-3,9-10,17H,4-8,11-16H2. The minimum atomic E-state index is 0.285. The van der Waals surface area contributed by atoms with E-state index in [4.69, 9.17) is 4.74 Å². The topological polar surface area (TPSA) is 32.8 Å². The van der Waals surface area contributed by atoms with Gasteiger partial charge in [0.1, 0.15) is 5.75 Å². The Hall–Kier alpha value is -1.55. The first-order chi connectivity index (χ1) is 11.3. The van der Waals surface area contributed by atoms with Gasteiger partial charge in [-0.3, -0.25) is 9.69 Å². The molecule has 4 heteroatoms. The summed E-state index contributed by atoms with van der Waals surface area (Å²) in [5.41, 5.74) is 0. The molecule has 0 radical (unpaired) electrons. The maximum Gasteiger partial charge on any atom is 0.222 e. The number of carbonyl (C=O) groups excluding carboxylic acids is 1. The molecule has 0 N–H and O–H groups in total. The molecular weight excluding hydrogens is 288 g/mol. The molecule has 1 aliphatic heterocycles. The van der Waals surface area contributed by atoms with Gasteiger partial charge in [0, 0.05) is 38.6 Å². The Labute approximate surface area is 139 Å². The zero-order valence-corrected chi connectivity index (χ0v) is 14.0. The second-order valence-corrected chi connectivity index (χ2v) is 6.62. The molecule has 0 bridgehead atoms. The van der Waals surface area contributed by atoms with Gasteiger partial charge < -0.3 is 9.64 Å². The molecule has 0 aromatic heterocycles. The Morgan fingerprint density at radius 1 is 1.04 bits per heavy atom. The summed E-state index contributed by atoms with van der Waals surface area (Å²) in [6, 6.07) is 10.6. The van der Waals surface area contributed by atoms with Crippen LogP contribution < -0.4 is 4.74 Å². The van der Waals surface area contributed by atoms with Crippen molar-refractivity contribution in [3.05, 3.63) is 30.3 Å². The predicted molar refractivity (Wildman–Crippen MR) is 91.6 cm³/mol. The normalized spacial score (nSPS) is 19.9. The zero-order chi connectivity index (χ0) is 15.9. The Bertz CT molecular complexity index is 477. The molecule has 0 spiro atoms. The first-order valence-corrected chi connectivity index (χ1v) is 9.02. The van der Waals surface area contributed by atoms with E-state index in [-0.39, 0.29) is 5.91 Å². The van der Waals surface area contributed by atoms with Crippen LogP contribution >= 0.6 is 0 Å². The number of hydrogen-bond acceptors (Lipinski definition) is 3. The fourth-order valence-electron chi connectivity index (χ4n) is 3.69. The first kappa shape index (κ1) is 16.3. The lowest BCUT2D eigenvalue weighted by Crippen LogP contribution is -2.51. The molecule has 0 atom stereocenters. The van der Waals surface area contributed by atoms with Crippen molar-refractivity contribution >= 4 is 5.91 Å². The second kappa shape index (κ2) is 8.34. The molecule has 1 saturated carbocycles. The van der Waals surface area contributed by atoms with E-state index in [0.29, 0.717) is 13.0 Å². The van der Waals surface area contributed by atoms with Gasteiger partial charge in [-0.15, -0.1) is 0 Å². The highest BCUT2D eigenvalue weighted by Gasteiger charge is 2.27. The predicted octanol–water partition coefficient (Wildman–Crippen LogP) is 2.93. The number of nitrogens with zero attached hydrogens (tertiary/aromatic N) is 2. The molecule has 2 fully saturated rings. The van der Waals surface area contributed by atoms with Gasteiger partial charge in [0.2, 0.25) is 5.91 Å². The van der Waals surface area contributed by atoms with Crippen molar-refractivity contribution < 1.29 is 9.53 Å². The number of hydrogen-bond donors (Lipinski definition) is 0. The van der Waals surface area contributed by atoms with E-state index in [9.17, 15) is 4.79 Å². The maximum absolute atomic E-state index is 12.3. The molecule has 1 amide bonds. The number of ether oxygens (including phenoxy) is 1. The summed E-state index contributed by atoms with van der Waals surface area (Å²) in [6.07, 6.45) is 6.85. The van der Waals surface area contributed by atoms with Crippen LogP contribution in [0.25, 0.3) is 0 Å². The molecule has 1 heterocycles. The van der Waals surface area contributed by atoms with Crippen LogP contribution in [0.5, 0.6) is 5.75 Å². The number of carbonyl (C=O) groups is 1. The number of benzene rings is 1. The summed E-state index contributed by atoms with van der Waals surface area (Å²) >= 11 is 0. The van der Waals surface area contributed by atoms with Gasteiger partial charge in [0.05, 0.1) is 6.61 Å². The van der Waals surface area contributed by atoms with Gasteiger partial charge >= 0.3 is 0 Å². The summed E-state index contributed by atoms with van der Waals surface area (Å²) in [4.78, 5) is 16.9. The Morgan fingerprint density at radius 2 is 1.74 bits per heavy atom. The van der Waals surface area contributed by atoms with Gasteiger partial charge in [-0.2, -0.15) is 0 Å².